The molecular weight excluding hydrogens is 306 g/mol. The van der Waals surface area contributed by atoms with E-state index in [9.17, 15) is 9.59 Å². The van der Waals surface area contributed by atoms with Gasteiger partial charge in [0.2, 0.25) is 0 Å². The summed E-state index contributed by atoms with van der Waals surface area (Å²) in [6.45, 7) is 4.42. The fourth-order valence-electron chi connectivity index (χ4n) is 2.55. The molecule has 0 saturated heterocycles. The topological polar surface area (TPSA) is 55.8 Å². The van der Waals surface area contributed by atoms with E-state index in [1.807, 2.05) is 43.3 Å². The highest BCUT2D eigenvalue weighted by Gasteiger charge is 2.29. The minimum atomic E-state index is -0.767. The van der Waals surface area contributed by atoms with Crippen LogP contribution in [-0.4, -0.2) is 49.7 Å². The number of likely N-dealkylation sites (N-methyl/N-ethyl adjacent to an activating group) is 1. The maximum Gasteiger partial charge on any atom is 0.331 e. The monoisotopic (exact) mass is 329 g/mol. The van der Waals surface area contributed by atoms with Crippen LogP contribution in [-0.2, 0) is 14.3 Å². The van der Waals surface area contributed by atoms with Gasteiger partial charge in [-0.3, -0.25) is 4.79 Å². The normalized spacial score (nSPS) is 12.0. The fourth-order valence-corrected chi connectivity index (χ4v) is 2.55. The molecule has 2 aromatic rings. The van der Waals surface area contributed by atoms with Crippen LogP contribution in [0.4, 0.5) is 0 Å². The van der Waals surface area contributed by atoms with Crippen LogP contribution in [0.5, 0.6) is 0 Å². The molecule has 0 N–H and O–H groups in total. The van der Waals surface area contributed by atoms with Crippen molar-refractivity contribution in [3.05, 3.63) is 48.0 Å². The van der Waals surface area contributed by atoms with Gasteiger partial charge in [0.25, 0.3) is 5.91 Å². The Bertz CT molecular complexity index is 708. The van der Waals surface area contributed by atoms with Crippen molar-refractivity contribution < 1.29 is 19.1 Å². The number of rotatable bonds is 7. The predicted molar refractivity (Wildman–Crippen MR) is 93.0 cm³/mol. The molecule has 0 heterocycles. The molecule has 0 radical (unpaired) electrons. The Morgan fingerprint density at radius 3 is 2.46 bits per heavy atom. The average molecular weight is 329 g/mol. The van der Waals surface area contributed by atoms with Gasteiger partial charge in [0.1, 0.15) is 0 Å². The molecule has 0 aliphatic heterocycles. The molecule has 0 bridgehead atoms. The summed E-state index contributed by atoms with van der Waals surface area (Å²) in [6, 6.07) is 12.5. The number of nitrogens with zero attached hydrogens (tertiary/aromatic N) is 1. The van der Waals surface area contributed by atoms with Crippen LogP contribution in [0.3, 0.4) is 0 Å². The van der Waals surface area contributed by atoms with Crippen LogP contribution in [0.1, 0.15) is 24.2 Å². The molecule has 0 saturated carbocycles. The summed E-state index contributed by atoms with van der Waals surface area (Å²) < 4.78 is 10.4. The molecule has 2 rings (SSSR count). The van der Waals surface area contributed by atoms with Crippen molar-refractivity contribution in [1.29, 1.82) is 0 Å². The second kappa shape index (κ2) is 8.45. The Hall–Kier alpha value is -2.40. The first-order chi connectivity index (χ1) is 11.6. The number of hydrogen-bond acceptors (Lipinski definition) is 4. The zero-order valence-electron chi connectivity index (χ0n) is 14.3. The smallest absolute Gasteiger partial charge is 0.331 e. The average Bonchev–Trinajstić information content (AvgIpc) is 2.61. The summed E-state index contributed by atoms with van der Waals surface area (Å²) in [5, 5.41) is 1.84. The lowest BCUT2D eigenvalue weighted by molar-refractivity contribution is -0.150. The van der Waals surface area contributed by atoms with Gasteiger partial charge in [-0.05, 0) is 30.7 Å². The molecule has 24 heavy (non-hydrogen) atoms. The zero-order chi connectivity index (χ0) is 17.5. The third-order valence-electron chi connectivity index (χ3n) is 3.85. The van der Waals surface area contributed by atoms with Gasteiger partial charge in [-0.1, -0.05) is 36.4 Å². The molecular formula is C19H23NO4. The van der Waals surface area contributed by atoms with Crippen molar-refractivity contribution in [3.63, 3.8) is 0 Å². The molecule has 128 valence electrons. The van der Waals surface area contributed by atoms with E-state index < -0.39 is 12.0 Å². The van der Waals surface area contributed by atoms with Crippen LogP contribution >= 0.6 is 0 Å². The summed E-state index contributed by atoms with van der Waals surface area (Å²) in [4.78, 5) is 26.5. The number of amides is 1. The first kappa shape index (κ1) is 17.9. The predicted octanol–water partition coefficient (Wildman–Crippen LogP) is 2.88. The van der Waals surface area contributed by atoms with Gasteiger partial charge < -0.3 is 14.4 Å². The van der Waals surface area contributed by atoms with E-state index in [0.717, 1.165) is 10.8 Å². The highest BCUT2D eigenvalue weighted by molar-refractivity contribution is 6.07. The number of fused-ring (bicyclic) bond motifs is 1. The molecule has 0 fully saturated rings. The molecule has 1 atom stereocenters. The van der Waals surface area contributed by atoms with Gasteiger partial charge >= 0.3 is 5.97 Å². The van der Waals surface area contributed by atoms with E-state index in [1.54, 1.807) is 20.0 Å². The lowest BCUT2D eigenvalue weighted by atomic mass is 10.0. The number of carbonyl (C=O) groups excluding carboxylic acids is 2. The summed E-state index contributed by atoms with van der Waals surface area (Å²) in [7, 11) is 1.60. The van der Waals surface area contributed by atoms with Crippen LogP contribution < -0.4 is 0 Å². The van der Waals surface area contributed by atoms with Gasteiger partial charge in [-0.25, -0.2) is 4.79 Å². The van der Waals surface area contributed by atoms with Gasteiger partial charge in [0.15, 0.2) is 6.04 Å². The Kier molecular flexibility index (Phi) is 6.32. The molecule has 5 heteroatoms. The number of benzene rings is 2. The third-order valence-corrected chi connectivity index (χ3v) is 3.85. The molecule has 0 aliphatic carbocycles. The maximum atomic E-state index is 12.9. The fraction of sp³-hybridized carbons (Fsp3) is 0.368. The van der Waals surface area contributed by atoms with E-state index in [0.29, 0.717) is 12.2 Å². The molecule has 0 aliphatic rings. The van der Waals surface area contributed by atoms with Crippen molar-refractivity contribution in [1.82, 2.24) is 4.90 Å². The first-order valence-corrected chi connectivity index (χ1v) is 8.09. The Morgan fingerprint density at radius 1 is 1.04 bits per heavy atom. The molecule has 2 aromatic carbocycles. The lowest BCUT2D eigenvalue weighted by Gasteiger charge is -2.26. The van der Waals surface area contributed by atoms with Gasteiger partial charge in [-0.2, -0.15) is 0 Å². The SMILES string of the molecule is CCOCC(C(=O)OCC)N(C)C(=O)c1cccc2ccccc12. The second-order valence-electron chi connectivity index (χ2n) is 5.37. The van der Waals surface area contributed by atoms with Crippen molar-refractivity contribution in [3.8, 4) is 0 Å². The first-order valence-electron chi connectivity index (χ1n) is 8.09. The lowest BCUT2D eigenvalue weighted by Crippen LogP contribution is -2.46. The summed E-state index contributed by atoms with van der Waals surface area (Å²) in [6.07, 6.45) is 0. The van der Waals surface area contributed by atoms with Gasteiger partial charge in [-0.15, -0.1) is 0 Å². The van der Waals surface area contributed by atoms with Gasteiger partial charge in [0, 0.05) is 19.2 Å². The van der Waals surface area contributed by atoms with Crippen molar-refractivity contribution >= 4 is 22.6 Å². The highest BCUT2D eigenvalue weighted by atomic mass is 16.5. The Labute approximate surface area is 142 Å². The van der Waals surface area contributed by atoms with E-state index >= 15 is 0 Å². The Morgan fingerprint density at radius 2 is 1.75 bits per heavy atom. The van der Waals surface area contributed by atoms with Crippen LogP contribution in [0, 0.1) is 0 Å². The molecule has 0 spiro atoms. The summed E-state index contributed by atoms with van der Waals surface area (Å²) in [5.74, 6) is -0.688. The summed E-state index contributed by atoms with van der Waals surface area (Å²) in [5.41, 5.74) is 0.557. The van der Waals surface area contributed by atoms with Crippen LogP contribution in [0.2, 0.25) is 0 Å². The van der Waals surface area contributed by atoms with E-state index in [1.165, 1.54) is 4.90 Å². The molecule has 1 unspecified atom stereocenters. The molecule has 5 nitrogen and oxygen atoms in total. The van der Waals surface area contributed by atoms with Crippen LogP contribution in [0.25, 0.3) is 10.8 Å². The highest BCUT2D eigenvalue weighted by Crippen LogP contribution is 2.20. The number of ether oxygens (including phenoxy) is 2. The zero-order valence-corrected chi connectivity index (χ0v) is 14.3. The Balaban J connectivity index is 2.32. The maximum absolute atomic E-state index is 12.9. The quantitative estimate of drug-likeness (QED) is 0.733. The van der Waals surface area contributed by atoms with Crippen molar-refractivity contribution in [2.45, 2.75) is 19.9 Å². The van der Waals surface area contributed by atoms with Crippen LogP contribution in [0.15, 0.2) is 42.5 Å². The minimum absolute atomic E-state index is 0.113. The van der Waals surface area contributed by atoms with Crippen molar-refractivity contribution in [2.24, 2.45) is 0 Å². The third kappa shape index (κ3) is 3.92. The van der Waals surface area contributed by atoms with Crippen molar-refractivity contribution in [2.75, 3.05) is 26.9 Å². The van der Waals surface area contributed by atoms with E-state index in [2.05, 4.69) is 0 Å². The second-order valence-corrected chi connectivity index (χ2v) is 5.37. The van der Waals surface area contributed by atoms with E-state index in [4.69, 9.17) is 9.47 Å². The molecule has 1 amide bonds. The largest absolute Gasteiger partial charge is 0.464 e. The number of carbonyl (C=O) groups is 2. The standard InChI is InChI=1S/C19H23NO4/c1-4-23-13-17(19(22)24-5-2)20(3)18(21)16-12-8-10-14-9-6-7-11-15(14)16/h6-12,17H,4-5,13H2,1-3H3. The summed E-state index contributed by atoms with van der Waals surface area (Å²) >= 11 is 0. The minimum Gasteiger partial charge on any atom is -0.464 e. The van der Waals surface area contributed by atoms with Gasteiger partial charge in [0.05, 0.1) is 13.2 Å². The molecule has 0 aromatic heterocycles. The number of hydrogen-bond donors (Lipinski definition) is 0. The number of esters is 1. The van der Waals surface area contributed by atoms with E-state index in [-0.39, 0.29) is 19.1 Å².